The first-order chi connectivity index (χ1) is 16.9. The number of ether oxygens (including phenoxy) is 2. The van der Waals surface area contributed by atoms with Crippen LogP contribution in [0.5, 0.6) is 11.5 Å². The number of halogens is 1. The Morgan fingerprint density at radius 2 is 2.11 bits per heavy atom. The van der Waals surface area contributed by atoms with Gasteiger partial charge in [-0.3, -0.25) is 4.79 Å². The summed E-state index contributed by atoms with van der Waals surface area (Å²) in [5, 5.41) is 13.1. The number of carboxylic acid groups (broad SMARTS) is 1. The molecule has 0 radical (unpaired) electrons. The molecule has 4 heterocycles. The molecule has 2 N–H and O–H groups in total. The van der Waals surface area contributed by atoms with Crippen LogP contribution >= 0.6 is 0 Å². The van der Waals surface area contributed by atoms with Gasteiger partial charge in [-0.25, -0.2) is 14.2 Å². The van der Waals surface area contributed by atoms with Crippen LogP contribution in [0.2, 0.25) is 0 Å². The molecule has 1 aromatic carbocycles. The van der Waals surface area contributed by atoms with Crippen LogP contribution in [0.25, 0.3) is 11.0 Å². The van der Waals surface area contributed by atoms with Crippen LogP contribution in [0.3, 0.4) is 0 Å². The van der Waals surface area contributed by atoms with Crippen molar-refractivity contribution in [1.82, 2.24) is 14.9 Å². The number of fused-ring (bicyclic) bond motifs is 3. The number of aromatic nitrogens is 2. The summed E-state index contributed by atoms with van der Waals surface area (Å²) in [6, 6.07) is 5.71. The number of aromatic carboxylic acids is 1. The fourth-order valence-electron chi connectivity index (χ4n) is 5.22. The molecule has 2 bridgehead atoms. The molecule has 10 heteroatoms. The highest BCUT2D eigenvalue weighted by Crippen LogP contribution is 2.34. The van der Waals surface area contributed by atoms with Gasteiger partial charge in [-0.15, -0.1) is 0 Å². The van der Waals surface area contributed by atoms with Crippen LogP contribution in [0.1, 0.15) is 34.8 Å². The van der Waals surface area contributed by atoms with Crippen molar-refractivity contribution in [3.8, 4) is 11.5 Å². The fraction of sp³-hybridized carbons (Fsp3) is 0.400. The third kappa shape index (κ3) is 3.78. The molecule has 0 saturated carbocycles. The average molecular weight is 483 g/mol. The summed E-state index contributed by atoms with van der Waals surface area (Å²) in [7, 11) is 3.08. The Bertz CT molecular complexity index is 1390. The van der Waals surface area contributed by atoms with Crippen molar-refractivity contribution in [2.24, 2.45) is 0 Å². The predicted molar refractivity (Wildman–Crippen MR) is 128 cm³/mol. The minimum absolute atomic E-state index is 0.00334. The van der Waals surface area contributed by atoms with E-state index in [-0.39, 0.29) is 47.5 Å². The summed E-state index contributed by atoms with van der Waals surface area (Å²) in [4.78, 5) is 31.8. The third-order valence-corrected chi connectivity index (χ3v) is 6.97. The minimum Gasteiger partial charge on any atom is -0.497 e. The van der Waals surface area contributed by atoms with Crippen molar-refractivity contribution >= 4 is 22.8 Å². The van der Waals surface area contributed by atoms with E-state index in [1.54, 1.807) is 36.8 Å². The quantitative estimate of drug-likeness (QED) is 0.529. The second-order valence-electron chi connectivity index (χ2n) is 8.91. The van der Waals surface area contributed by atoms with E-state index in [0.29, 0.717) is 18.0 Å². The third-order valence-electron chi connectivity index (χ3n) is 6.97. The average Bonchev–Trinajstić information content (AvgIpc) is 3.49. The number of benzene rings is 1. The van der Waals surface area contributed by atoms with Gasteiger partial charge in [0.15, 0.2) is 11.6 Å². The first-order valence-electron chi connectivity index (χ1n) is 11.6. The lowest BCUT2D eigenvalue weighted by atomic mass is 10.0. The van der Waals surface area contributed by atoms with Crippen LogP contribution in [0, 0.1) is 5.82 Å². The number of nitrogens with one attached hydrogen (secondary N) is 1. The number of hydrogen-bond acceptors (Lipinski definition) is 7. The van der Waals surface area contributed by atoms with Crippen molar-refractivity contribution in [3.05, 3.63) is 57.1 Å². The first kappa shape index (κ1) is 23.1. The van der Waals surface area contributed by atoms with E-state index in [0.717, 1.165) is 18.5 Å². The van der Waals surface area contributed by atoms with Gasteiger partial charge >= 0.3 is 5.97 Å². The number of pyridine rings is 2. The summed E-state index contributed by atoms with van der Waals surface area (Å²) >= 11 is 0. The zero-order chi connectivity index (χ0) is 24.9. The number of anilines is 1. The Kier molecular flexibility index (Phi) is 5.84. The number of aryl methyl sites for hydroxylation is 1. The fourth-order valence-corrected chi connectivity index (χ4v) is 5.22. The molecule has 2 saturated heterocycles. The standard InChI is InChI=1S/C25H27FN4O5/c1-4-17-20-22(31)18(25(32)33)12-29(10-13-5-6-16(34-2)8-19(13)35-3)23(20)28-24(21(17)26)30-11-14-7-15(30)9-27-14/h5-6,8,12,14-15,27H,4,7,9-11H2,1-3H3,(H,32,33). The summed E-state index contributed by atoms with van der Waals surface area (Å²) in [5.74, 6) is -0.576. The van der Waals surface area contributed by atoms with Gasteiger partial charge in [0.1, 0.15) is 22.7 Å². The molecular formula is C25H27FN4O5. The van der Waals surface area contributed by atoms with Gasteiger partial charge in [-0.2, -0.15) is 0 Å². The van der Waals surface area contributed by atoms with E-state index in [4.69, 9.17) is 9.47 Å². The number of carboxylic acids is 1. The number of rotatable bonds is 7. The summed E-state index contributed by atoms with van der Waals surface area (Å²) in [5.41, 5.74) is -0.00112. The normalized spacial score (nSPS) is 18.9. The molecule has 2 aliphatic rings. The molecule has 35 heavy (non-hydrogen) atoms. The molecule has 0 amide bonds. The summed E-state index contributed by atoms with van der Waals surface area (Å²) in [6.45, 7) is 3.30. The van der Waals surface area contributed by atoms with Gasteiger partial charge in [-0.1, -0.05) is 6.92 Å². The molecule has 2 aliphatic heterocycles. The molecule has 2 atom stereocenters. The monoisotopic (exact) mass is 482 g/mol. The molecule has 2 fully saturated rings. The highest BCUT2D eigenvalue weighted by Gasteiger charge is 2.40. The van der Waals surface area contributed by atoms with Crippen LogP contribution in [0.15, 0.2) is 29.2 Å². The van der Waals surface area contributed by atoms with Gasteiger partial charge < -0.3 is 29.4 Å². The number of carbonyl (C=O) groups is 1. The maximum atomic E-state index is 15.8. The highest BCUT2D eigenvalue weighted by molar-refractivity contribution is 5.93. The number of piperazine rings is 1. The molecule has 5 rings (SSSR count). The minimum atomic E-state index is -1.37. The number of nitrogens with zero attached hydrogens (tertiary/aromatic N) is 3. The molecule has 2 aromatic heterocycles. The lowest BCUT2D eigenvalue weighted by molar-refractivity contribution is 0.0695. The van der Waals surface area contributed by atoms with Gasteiger partial charge in [0.05, 0.1) is 26.2 Å². The molecule has 2 unspecified atom stereocenters. The zero-order valence-electron chi connectivity index (χ0n) is 19.8. The SMILES string of the molecule is CCc1c(F)c(N2CC3CC2CN3)nc2c1c(=O)c(C(=O)O)cn2Cc1ccc(OC)cc1OC. The predicted octanol–water partition coefficient (Wildman–Crippen LogP) is 2.41. The van der Waals surface area contributed by atoms with Crippen molar-refractivity contribution in [3.63, 3.8) is 0 Å². The van der Waals surface area contributed by atoms with Gasteiger partial charge in [0.2, 0.25) is 5.43 Å². The van der Waals surface area contributed by atoms with Crippen molar-refractivity contribution in [2.75, 3.05) is 32.2 Å². The summed E-state index contributed by atoms with van der Waals surface area (Å²) in [6.07, 6.45) is 2.42. The largest absolute Gasteiger partial charge is 0.497 e. The second kappa shape index (κ2) is 8.84. The molecule has 0 spiro atoms. The maximum absolute atomic E-state index is 15.8. The Balaban J connectivity index is 1.75. The highest BCUT2D eigenvalue weighted by atomic mass is 19.1. The maximum Gasteiger partial charge on any atom is 0.341 e. The lowest BCUT2D eigenvalue weighted by Gasteiger charge is -2.30. The van der Waals surface area contributed by atoms with Crippen LogP contribution in [0.4, 0.5) is 10.2 Å². The Hall–Kier alpha value is -3.66. The Morgan fingerprint density at radius 3 is 2.71 bits per heavy atom. The van der Waals surface area contributed by atoms with Crippen molar-refractivity contribution in [1.29, 1.82) is 0 Å². The van der Waals surface area contributed by atoms with Crippen LogP contribution < -0.4 is 25.1 Å². The van der Waals surface area contributed by atoms with Crippen LogP contribution in [-0.2, 0) is 13.0 Å². The van der Waals surface area contributed by atoms with E-state index < -0.39 is 22.8 Å². The van der Waals surface area contributed by atoms with Crippen molar-refractivity contribution in [2.45, 2.75) is 38.4 Å². The number of methoxy groups -OCH3 is 2. The summed E-state index contributed by atoms with van der Waals surface area (Å²) < 4.78 is 28.2. The number of hydrogen-bond donors (Lipinski definition) is 2. The second-order valence-corrected chi connectivity index (χ2v) is 8.91. The molecule has 184 valence electrons. The van der Waals surface area contributed by atoms with E-state index in [1.165, 1.54) is 13.3 Å². The molecular weight excluding hydrogens is 455 g/mol. The molecule has 0 aliphatic carbocycles. The van der Waals surface area contributed by atoms with E-state index in [1.807, 2.05) is 4.90 Å². The lowest BCUT2D eigenvalue weighted by Crippen LogP contribution is -2.44. The van der Waals surface area contributed by atoms with Gasteiger partial charge in [-0.05, 0) is 25.0 Å². The zero-order valence-corrected chi connectivity index (χ0v) is 19.8. The molecule has 3 aromatic rings. The van der Waals surface area contributed by atoms with Crippen molar-refractivity contribution < 1.29 is 23.8 Å². The Labute approximate surface area is 201 Å². The smallest absolute Gasteiger partial charge is 0.341 e. The van der Waals surface area contributed by atoms with E-state index in [9.17, 15) is 14.7 Å². The van der Waals surface area contributed by atoms with Gasteiger partial charge in [0, 0.05) is 48.6 Å². The van der Waals surface area contributed by atoms with E-state index in [2.05, 4.69) is 10.3 Å². The Morgan fingerprint density at radius 1 is 1.31 bits per heavy atom. The van der Waals surface area contributed by atoms with Crippen LogP contribution in [-0.4, -0.2) is 60.0 Å². The van der Waals surface area contributed by atoms with Gasteiger partial charge in [0.25, 0.3) is 0 Å². The van der Waals surface area contributed by atoms with E-state index >= 15 is 4.39 Å². The first-order valence-corrected chi connectivity index (χ1v) is 11.6. The molecule has 9 nitrogen and oxygen atoms in total. The topological polar surface area (TPSA) is 106 Å².